The lowest BCUT2D eigenvalue weighted by molar-refractivity contribution is -0.870. The Morgan fingerprint density at radius 3 is 2.32 bits per heavy atom. The minimum absolute atomic E-state index is 0.0594. The van der Waals surface area contributed by atoms with Crippen LogP contribution in [0.3, 0.4) is 0 Å². The molecule has 1 atom stereocenters. The van der Waals surface area contributed by atoms with Crippen molar-refractivity contribution in [1.29, 1.82) is 0 Å². The highest BCUT2D eigenvalue weighted by molar-refractivity contribution is 7.85. The summed E-state index contributed by atoms with van der Waals surface area (Å²) in [6.07, 6.45) is 6.34. The monoisotopic (exact) mass is 810 g/mol. The lowest BCUT2D eigenvalue weighted by Crippen LogP contribution is -2.52. The summed E-state index contributed by atoms with van der Waals surface area (Å²) in [7, 11) is 3.36. The van der Waals surface area contributed by atoms with Gasteiger partial charge in [-0.15, -0.1) is 4.73 Å². The molecular weight excluding hydrogens is 755 g/mol. The molecule has 0 aliphatic carbocycles. The first-order valence-electron chi connectivity index (χ1n) is 18.7. The first-order chi connectivity index (χ1) is 26.1. The van der Waals surface area contributed by atoms with Crippen LogP contribution >= 0.6 is 0 Å². The molecule has 56 heavy (non-hydrogen) atoms. The molecule has 1 unspecified atom stereocenters. The van der Waals surface area contributed by atoms with Crippen LogP contribution in [0.15, 0.2) is 35.5 Å². The fourth-order valence-electron chi connectivity index (χ4n) is 6.96. The Balaban J connectivity index is 1.27. The average molecular weight is 811 g/mol. The van der Waals surface area contributed by atoms with Crippen molar-refractivity contribution in [3.8, 4) is 11.8 Å². The number of unbranched alkanes of at least 4 members (excludes halogenated alkanes) is 2. The fourth-order valence-corrected chi connectivity index (χ4v) is 7.62. The number of quaternary nitrogens is 1. The molecule has 0 fully saturated rings. The topological polar surface area (TPSA) is 195 Å². The maximum Gasteiger partial charge on any atom is 0.737 e. The fraction of sp³-hybridized carbons (Fsp3) is 0.556. The van der Waals surface area contributed by atoms with Gasteiger partial charge in [-0.1, -0.05) is 6.42 Å². The molecule has 5 N–H and O–H groups in total. The van der Waals surface area contributed by atoms with Crippen molar-refractivity contribution >= 4 is 46.7 Å². The first kappa shape index (κ1) is 44.2. The summed E-state index contributed by atoms with van der Waals surface area (Å²) in [6.45, 7) is 1.03. The van der Waals surface area contributed by atoms with Gasteiger partial charge in [0.25, 0.3) is 10.1 Å². The predicted octanol–water partition coefficient (Wildman–Crippen LogP) is 2.06. The minimum Gasteiger partial charge on any atom is -0.492 e. The third kappa shape index (κ3) is 11.7. The van der Waals surface area contributed by atoms with Crippen LogP contribution in [-0.2, 0) is 30.9 Å². The van der Waals surface area contributed by atoms with Gasteiger partial charge in [0.05, 0.1) is 27.7 Å². The van der Waals surface area contributed by atoms with Crippen LogP contribution < -0.4 is 15.5 Å². The number of fused-ring (bicyclic) bond motifs is 2. The van der Waals surface area contributed by atoms with E-state index in [1.54, 1.807) is 33.0 Å². The number of nitrogens with one attached hydrogen (secondary N) is 2. The lowest BCUT2D eigenvalue weighted by atomic mass is 9.89. The largest absolute Gasteiger partial charge is 0.737 e. The molecular formula is C36H55BF2N7O9S+. The molecule has 2 aromatic rings. The van der Waals surface area contributed by atoms with Crippen molar-refractivity contribution in [2.24, 2.45) is 0 Å². The molecule has 4 rings (SSSR count). The van der Waals surface area contributed by atoms with Gasteiger partial charge in [-0.2, -0.15) is 8.42 Å². The van der Waals surface area contributed by atoms with Crippen LogP contribution in [-0.4, -0.2) is 143 Å². The van der Waals surface area contributed by atoms with Crippen molar-refractivity contribution in [3.63, 3.8) is 0 Å². The molecule has 0 saturated heterocycles. The van der Waals surface area contributed by atoms with Crippen LogP contribution in [0.5, 0.6) is 11.8 Å². The summed E-state index contributed by atoms with van der Waals surface area (Å²) in [5.74, 6) is -4.11. The predicted molar refractivity (Wildman–Crippen MR) is 207 cm³/mol. The summed E-state index contributed by atoms with van der Waals surface area (Å²) >= 11 is 0. The van der Waals surface area contributed by atoms with Gasteiger partial charge in [0, 0.05) is 74.3 Å². The van der Waals surface area contributed by atoms with E-state index in [4.69, 9.17) is 4.84 Å². The molecule has 20 heteroatoms. The van der Waals surface area contributed by atoms with Crippen molar-refractivity contribution < 1.29 is 60.0 Å². The van der Waals surface area contributed by atoms with E-state index in [9.17, 15) is 37.6 Å². The summed E-state index contributed by atoms with van der Waals surface area (Å²) in [4.78, 5) is 44.8. The number of halogens is 2. The maximum atomic E-state index is 16.3. The number of rotatable bonds is 21. The number of carbonyl (C=O) groups excluding carboxylic acids is 3. The van der Waals surface area contributed by atoms with Crippen molar-refractivity contribution in [2.75, 3.05) is 60.1 Å². The number of aromatic hydroxyl groups is 2. The number of hydrogen-bond donors (Lipinski definition) is 5. The van der Waals surface area contributed by atoms with Crippen LogP contribution in [0.2, 0.25) is 0 Å². The van der Waals surface area contributed by atoms with Crippen LogP contribution in [0.4, 0.5) is 8.63 Å². The number of aryl methyl sites for hydroxylation is 2. The quantitative estimate of drug-likeness (QED) is 0.0539. The van der Waals surface area contributed by atoms with Gasteiger partial charge in [0.15, 0.2) is 5.70 Å². The Hall–Kier alpha value is -4.53. The van der Waals surface area contributed by atoms with E-state index in [0.717, 1.165) is 32.0 Å². The van der Waals surface area contributed by atoms with Gasteiger partial charge in [0.2, 0.25) is 23.6 Å². The standard InChI is InChI=1S/C36H54BF2N7O9S/c1-25-21-28(44-30(25)23-31-27(11-10-20-46(4,5)6)22-26(2)43(31)37(44,38)39)13-14-32(47)41-29(24-56(52,53)54)36(51)40-17-19-42(3)18-9-7-8-12-35(50)55-45-33(48)15-16-34(45)49/h15-16,21-23,29H,7-14,17-20,24H2,1-6H3,(H4-,40,41,47,48,49,51,52,53,54)/p+1. The smallest absolute Gasteiger partial charge is 0.492 e. The SMILES string of the molecule is CC1=CC(CCC(=O)NC(CS(=O)(=O)O)C(=O)NCCN(C)CCCCCC(=O)On2c(O)ccc2O)=[N+]2C1=Cc1c(CCC[N+](C)(C)C)cc(C)n1[B-]2(F)F. The second-order valence-corrected chi connectivity index (χ2v) is 17.1. The molecule has 2 aromatic heterocycles. The van der Waals surface area contributed by atoms with Crippen LogP contribution in [0.25, 0.3) is 6.08 Å². The normalized spacial score (nSPS) is 15.6. The number of likely N-dealkylation sites (N-methyl/N-ethyl adjacent to an activating group) is 1. The number of nitrogens with zero attached hydrogens (tertiary/aromatic N) is 5. The minimum atomic E-state index is -4.69. The Morgan fingerprint density at radius 1 is 1.00 bits per heavy atom. The highest BCUT2D eigenvalue weighted by Gasteiger charge is 2.53. The highest BCUT2D eigenvalue weighted by atomic mass is 32.2. The first-order valence-corrected chi connectivity index (χ1v) is 20.3. The molecule has 0 aromatic carbocycles. The Morgan fingerprint density at radius 2 is 1.68 bits per heavy atom. The van der Waals surface area contributed by atoms with Crippen LogP contribution in [0.1, 0.15) is 68.8 Å². The van der Waals surface area contributed by atoms with Gasteiger partial charge in [-0.25, -0.2) is 4.79 Å². The zero-order chi connectivity index (χ0) is 41.6. The van der Waals surface area contributed by atoms with Crippen molar-refractivity contribution in [3.05, 3.63) is 52.5 Å². The van der Waals surface area contributed by atoms with Gasteiger partial charge < -0.3 is 52.7 Å². The second-order valence-electron chi connectivity index (χ2n) is 15.6. The number of allylic oxidation sites excluding steroid dienone is 2. The Labute approximate surface area is 326 Å². The summed E-state index contributed by atoms with van der Waals surface area (Å²) in [5, 5.41) is 24.0. The van der Waals surface area contributed by atoms with Crippen molar-refractivity contribution in [1.82, 2.24) is 24.7 Å². The van der Waals surface area contributed by atoms with Gasteiger partial charge >= 0.3 is 12.9 Å². The third-order valence-electron chi connectivity index (χ3n) is 9.72. The summed E-state index contributed by atoms with van der Waals surface area (Å²) < 4.78 is 69.1. The van der Waals surface area contributed by atoms with E-state index >= 15 is 8.63 Å². The van der Waals surface area contributed by atoms with E-state index in [1.807, 2.05) is 11.0 Å². The molecule has 2 aliphatic rings. The van der Waals surface area contributed by atoms with Crippen LogP contribution in [0, 0.1) is 6.92 Å². The molecule has 0 bridgehead atoms. The van der Waals surface area contributed by atoms with E-state index in [1.165, 1.54) is 12.1 Å². The van der Waals surface area contributed by atoms with E-state index in [2.05, 4.69) is 31.8 Å². The lowest BCUT2D eigenvalue weighted by Gasteiger charge is -2.31. The maximum absolute atomic E-state index is 16.3. The summed E-state index contributed by atoms with van der Waals surface area (Å²) in [6, 6.07) is 2.54. The highest BCUT2D eigenvalue weighted by Crippen LogP contribution is 2.37. The second kappa shape index (κ2) is 18.2. The molecule has 310 valence electrons. The number of hydrogen-bond acceptors (Lipinski definition) is 9. The molecule has 4 heterocycles. The van der Waals surface area contributed by atoms with E-state index in [0.29, 0.717) is 66.2 Å². The Bertz CT molecular complexity index is 1980. The molecule has 16 nitrogen and oxygen atoms in total. The molecule has 0 saturated carbocycles. The Kier molecular flexibility index (Phi) is 14.3. The third-order valence-corrected chi connectivity index (χ3v) is 10.5. The molecule has 0 spiro atoms. The number of amides is 2. The number of carbonyl (C=O) groups is 3. The molecule has 2 amide bonds. The molecule has 0 radical (unpaired) electrons. The average Bonchev–Trinajstić information content (AvgIpc) is 3.70. The van der Waals surface area contributed by atoms with E-state index < -0.39 is 58.4 Å². The van der Waals surface area contributed by atoms with E-state index in [-0.39, 0.29) is 31.5 Å². The molecule has 2 aliphatic heterocycles. The van der Waals surface area contributed by atoms with Gasteiger partial charge in [0.1, 0.15) is 17.5 Å². The van der Waals surface area contributed by atoms with Gasteiger partial charge in [-0.3, -0.25) is 14.1 Å². The van der Waals surface area contributed by atoms with Gasteiger partial charge in [-0.05, 0) is 64.0 Å². The summed E-state index contributed by atoms with van der Waals surface area (Å²) in [5.41, 5.74) is 2.96. The zero-order valence-corrected chi connectivity index (χ0v) is 33.7. The van der Waals surface area contributed by atoms with Crippen molar-refractivity contribution in [2.45, 2.75) is 71.3 Å². The zero-order valence-electron chi connectivity index (χ0n) is 32.9. The number of aromatic nitrogens is 2.